The Morgan fingerprint density at radius 1 is 1.18 bits per heavy atom. The average Bonchev–Trinajstić information content (AvgIpc) is 2.39. The van der Waals surface area contributed by atoms with Gasteiger partial charge in [-0.15, -0.1) is 5.10 Å². The highest BCUT2D eigenvalue weighted by Crippen LogP contribution is 2.33. The van der Waals surface area contributed by atoms with Gasteiger partial charge in [-0.05, 0) is 43.0 Å². The third kappa shape index (κ3) is 2.03. The largest absolute Gasteiger partial charge is 0.260 e. The molecule has 86 valence electrons. The molecule has 1 unspecified atom stereocenters. The zero-order valence-corrected chi connectivity index (χ0v) is 10.1. The van der Waals surface area contributed by atoms with Crippen molar-refractivity contribution in [1.29, 1.82) is 0 Å². The number of hydrogen-bond acceptors (Lipinski definition) is 3. The molecule has 0 radical (unpaired) electrons. The quantitative estimate of drug-likeness (QED) is 0.775. The van der Waals surface area contributed by atoms with Gasteiger partial charge >= 0.3 is 0 Å². The highest BCUT2D eigenvalue weighted by Gasteiger charge is 2.24. The van der Waals surface area contributed by atoms with Crippen LogP contribution in [-0.2, 0) is 6.42 Å². The molecule has 0 spiro atoms. The van der Waals surface area contributed by atoms with Crippen LogP contribution in [0.1, 0.15) is 35.7 Å². The molecule has 1 aliphatic rings. The molecule has 4 heteroatoms. The highest BCUT2D eigenvalue weighted by atomic mass is 35.5. The van der Waals surface area contributed by atoms with E-state index in [9.17, 15) is 0 Å². The van der Waals surface area contributed by atoms with Crippen molar-refractivity contribution in [3.05, 3.63) is 52.6 Å². The fraction of sp³-hybridized carbons (Fsp3) is 0.308. The Morgan fingerprint density at radius 3 is 2.94 bits per heavy atom. The molecule has 17 heavy (non-hydrogen) atoms. The van der Waals surface area contributed by atoms with Crippen molar-refractivity contribution in [2.24, 2.45) is 0 Å². The van der Waals surface area contributed by atoms with Gasteiger partial charge in [-0.2, -0.15) is 5.10 Å². The predicted molar refractivity (Wildman–Crippen MR) is 66.1 cm³/mol. The molecule has 0 bridgehead atoms. The Balaban J connectivity index is 2.03. The molecule has 2 heterocycles. The van der Waals surface area contributed by atoms with Gasteiger partial charge in [0.1, 0.15) is 0 Å². The number of pyridine rings is 1. The summed E-state index contributed by atoms with van der Waals surface area (Å²) < 4.78 is 0. The molecule has 0 fully saturated rings. The first kappa shape index (κ1) is 10.7. The number of aromatic nitrogens is 3. The van der Waals surface area contributed by atoms with Gasteiger partial charge in [0, 0.05) is 12.1 Å². The Kier molecular flexibility index (Phi) is 2.77. The van der Waals surface area contributed by atoms with E-state index in [1.165, 1.54) is 12.0 Å². The first-order chi connectivity index (χ1) is 8.34. The van der Waals surface area contributed by atoms with E-state index in [1.54, 1.807) is 6.07 Å². The lowest BCUT2D eigenvalue weighted by atomic mass is 9.84. The maximum Gasteiger partial charge on any atom is 0.151 e. The molecule has 0 saturated carbocycles. The van der Waals surface area contributed by atoms with Gasteiger partial charge in [-0.3, -0.25) is 4.98 Å². The Morgan fingerprint density at radius 2 is 2.12 bits per heavy atom. The summed E-state index contributed by atoms with van der Waals surface area (Å²) in [4.78, 5) is 4.50. The van der Waals surface area contributed by atoms with E-state index < -0.39 is 0 Å². The van der Waals surface area contributed by atoms with E-state index in [4.69, 9.17) is 11.6 Å². The van der Waals surface area contributed by atoms with E-state index >= 15 is 0 Å². The van der Waals surface area contributed by atoms with Gasteiger partial charge in [-0.25, -0.2) is 0 Å². The van der Waals surface area contributed by atoms with Crippen molar-refractivity contribution in [2.45, 2.75) is 25.2 Å². The molecular formula is C13H12ClN3. The molecule has 1 atom stereocenters. The van der Waals surface area contributed by atoms with Gasteiger partial charge in [0.2, 0.25) is 0 Å². The summed E-state index contributed by atoms with van der Waals surface area (Å²) >= 11 is 5.76. The van der Waals surface area contributed by atoms with E-state index in [-0.39, 0.29) is 5.92 Å². The van der Waals surface area contributed by atoms with Gasteiger partial charge in [0.25, 0.3) is 0 Å². The molecule has 0 saturated heterocycles. The number of rotatable bonds is 1. The summed E-state index contributed by atoms with van der Waals surface area (Å²) in [6.45, 7) is 0. The van der Waals surface area contributed by atoms with Crippen molar-refractivity contribution in [3.8, 4) is 0 Å². The molecule has 3 rings (SSSR count). The van der Waals surface area contributed by atoms with Crippen LogP contribution < -0.4 is 0 Å². The second kappa shape index (κ2) is 4.41. The lowest BCUT2D eigenvalue weighted by Gasteiger charge is -2.23. The third-order valence-electron chi connectivity index (χ3n) is 3.20. The molecule has 0 amide bonds. The smallest absolute Gasteiger partial charge is 0.151 e. The van der Waals surface area contributed by atoms with Crippen LogP contribution in [0.2, 0.25) is 5.15 Å². The Bertz CT molecular complexity index is 524. The first-order valence-electron chi connectivity index (χ1n) is 5.77. The maximum absolute atomic E-state index is 5.76. The van der Waals surface area contributed by atoms with Crippen LogP contribution in [0.4, 0.5) is 0 Å². The number of aryl methyl sites for hydroxylation is 1. The summed E-state index contributed by atoms with van der Waals surface area (Å²) in [5.41, 5.74) is 3.45. The zero-order valence-electron chi connectivity index (χ0n) is 9.31. The zero-order chi connectivity index (χ0) is 11.7. The van der Waals surface area contributed by atoms with Gasteiger partial charge in [0.15, 0.2) is 5.15 Å². The molecular weight excluding hydrogens is 234 g/mol. The van der Waals surface area contributed by atoms with Crippen LogP contribution in [-0.4, -0.2) is 15.2 Å². The van der Waals surface area contributed by atoms with Crippen molar-refractivity contribution >= 4 is 11.6 Å². The van der Waals surface area contributed by atoms with Crippen molar-refractivity contribution in [2.75, 3.05) is 0 Å². The summed E-state index contributed by atoms with van der Waals surface area (Å²) in [6.07, 6.45) is 5.22. The van der Waals surface area contributed by atoms with Crippen LogP contribution in [0.25, 0.3) is 0 Å². The fourth-order valence-electron chi connectivity index (χ4n) is 2.41. The lowest BCUT2D eigenvalue weighted by Crippen LogP contribution is -2.14. The average molecular weight is 246 g/mol. The monoisotopic (exact) mass is 245 g/mol. The number of halogens is 1. The minimum atomic E-state index is 0.268. The molecule has 0 N–H and O–H groups in total. The Hall–Kier alpha value is -1.48. The maximum atomic E-state index is 5.76. The molecule has 0 aromatic carbocycles. The summed E-state index contributed by atoms with van der Waals surface area (Å²) in [5.74, 6) is 0.268. The van der Waals surface area contributed by atoms with Crippen LogP contribution >= 0.6 is 11.6 Å². The molecule has 1 aliphatic carbocycles. The molecule has 0 aliphatic heterocycles. The van der Waals surface area contributed by atoms with Gasteiger partial charge in [0.05, 0.1) is 11.4 Å². The van der Waals surface area contributed by atoms with Crippen LogP contribution in [0.5, 0.6) is 0 Å². The summed E-state index contributed by atoms with van der Waals surface area (Å²) in [6, 6.07) is 7.89. The predicted octanol–water partition coefficient (Wildman–Crippen LogP) is 2.99. The van der Waals surface area contributed by atoms with Crippen molar-refractivity contribution < 1.29 is 0 Å². The number of nitrogens with zero attached hydrogens (tertiary/aromatic N) is 3. The Labute approximate surface area is 105 Å². The first-order valence-corrected chi connectivity index (χ1v) is 6.15. The fourth-order valence-corrected chi connectivity index (χ4v) is 2.51. The lowest BCUT2D eigenvalue weighted by molar-refractivity contribution is 0.582. The second-order valence-electron chi connectivity index (χ2n) is 4.27. The molecule has 3 nitrogen and oxygen atoms in total. The molecule has 2 aromatic heterocycles. The SMILES string of the molecule is Clc1ccc(C2CCCc3cccnc32)nn1. The van der Waals surface area contributed by atoms with Crippen LogP contribution in [0.3, 0.4) is 0 Å². The minimum absolute atomic E-state index is 0.268. The van der Waals surface area contributed by atoms with Crippen molar-refractivity contribution in [1.82, 2.24) is 15.2 Å². The van der Waals surface area contributed by atoms with Gasteiger partial charge < -0.3 is 0 Å². The van der Waals surface area contributed by atoms with Crippen LogP contribution in [0.15, 0.2) is 30.5 Å². The number of hydrogen-bond donors (Lipinski definition) is 0. The van der Waals surface area contributed by atoms with E-state index in [0.29, 0.717) is 5.15 Å². The van der Waals surface area contributed by atoms with Crippen molar-refractivity contribution in [3.63, 3.8) is 0 Å². The van der Waals surface area contributed by atoms with E-state index in [0.717, 1.165) is 24.2 Å². The van der Waals surface area contributed by atoms with Gasteiger partial charge in [-0.1, -0.05) is 17.7 Å². The highest BCUT2D eigenvalue weighted by molar-refractivity contribution is 6.29. The standard InChI is InChI=1S/C13H12ClN3/c14-12-7-6-11(16-17-12)10-5-1-3-9-4-2-8-15-13(9)10/h2,4,6-8,10H,1,3,5H2. The van der Waals surface area contributed by atoms with E-state index in [1.807, 2.05) is 18.3 Å². The number of fused-ring (bicyclic) bond motifs is 1. The topological polar surface area (TPSA) is 38.7 Å². The summed E-state index contributed by atoms with van der Waals surface area (Å²) in [5, 5.41) is 8.53. The molecule has 2 aromatic rings. The summed E-state index contributed by atoms with van der Waals surface area (Å²) in [7, 11) is 0. The van der Waals surface area contributed by atoms with Crippen LogP contribution in [0, 0.1) is 0 Å². The van der Waals surface area contributed by atoms with E-state index in [2.05, 4.69) is 21.2 Å². The minimum Gasteiger partial charge on any atom is -0.260 e. The normalized spacial score (nSPS) is 18.8. The third-order valence-corrected chi connectivity index (χ3v) is 3.41. The second-order valence-corrected chi connectivity index (χ2v) is 4.66.